The molecule has 0 aromatic carbocycles. The fraction of sp³-hybridized carbons (Fsp3) is 0.909. The zero-order valence-electron chi connectivity index (χ0n) is 12.4. The predicted molar refractivity (Wildman–Crippen MR) is 69.7 cm³/mol. The lowest BCUT2D eigenvalue weighted by Crippen LogP contribution is -2.37. The number of nitrogens with zero attached hydrogens (tertiary/aromatic N) is 1. The minimum absolute atomic E-state index is 0.0111. The molecule has 1 unspecified atom stereocenters. The van der Waals surface area contributed by atoms with E-state index in [1.807, 2.05) is 21.1 Å². The molecule has 0 aromatic heterocycles. The van der Waals surface area contributed by atoms with Gasteiger partial charge in [0.2, 0.25) is 0 Å². The van der Waals surface area contributed by atoms with Crippen molar-refractivity contribution in [2.24, 2.45) is 0 Å². The highest BCUT2D eigenvalue weighted by molar-refractivity contribution is 7.45. The summed E-state index contributed by atoms with van der Waals surface area (Å²) in [6.45, 7) is 1.08. The standard InChI is InChI=1S/C11H24NO7P/c1-5-11(14)19-10(8-13)9-18-20(15,16)17-7-6-12(2,3)4/h10,13H,5-9H2,1-4H3/t10-/m1/s1. The lowest BCUT2D eigenvalue weighted by molar-refractivity contribution is -0.870. The largest absolute Gasteiger partial charge is 0.756 e. The first kappa shape index (κ1) is 19.5. The molecule has 2 atom stereocenters. The molecule has 0 aliphatic heterocycles. The number of rotatable bonds is 10. The van der Waals surface area contributed by atoms with E-state index in [-0.39, 0.29) is 13.0 Å². The quantitative estimate of drug-likeness (QED) is 0.329. The maximum atomic E-state index is 11.4. The zero-order valence-corrected chi connectivity index (χ0v) is 13.3. The molecule has 1 N–H and O–H groups in total. The van der Waals surface area contributed by atoms with Crippen LogP contribution in [0.3, 0.4) is 0 Å². The Morgan fingerprint density at radius 1 is 1.35 bits per heavy atom. The third-order valence-corrected chi connectivity index (χ3v) is 3.18. The number of aliphatic hydroxyl groups excluding tert-OH is 1. The molecule has 0 aliphatic carbocycles. The number of likely N-dealkylation sites (N-methyl/N-ethyl adjacent to an activating group) is 1. The van der Waals surface area contributed by atoms with Crippen LogP contribution in [0.4, 0.5) is 0 Å². The molecule has 0 heterocycles. The van der Waals surface area contributed by atoms with Gasteiger partial charge in [-0.1, -0.05) is 6.92 Å². The van der Waals surface area contributed by atoms with Gasteiger partial charge >= 0.3 is 5.97 Å². The Balaban J connectivity index is 4.12. The third-order valence-electron chi connectivity index (χ3n) is 2.22. The second-order valence-corrected chi connectivity index (χ2v) is 6.65. The molecule has 0 spiro atoms. The molecule has 9 heteroatoms. The van der Waals surface area contributed by atoms with Crippen molar-refractivity contribution in [2.75, 3.05) is 47.5 Å². The first-order valence-electron chi connectivity index (χ1n) is 6.30. The van der Waals surface area contributed by atoms with Gasteiger partial charge < -0.3 is 28.3 Å². The van der Waals surface area contributed by atoms with Crippen LogP contribution in [0.5, 0.6) is 0 Å². The number of phosphoric acid groups is 1. The van der Waals surface area contributed by atoms with E-state index < -0.39 is 33.1 Å². The summed E-state index contributed by atoms with van der Waals surface area (Å²) in [6.07, 6.45) is -0.891. The Labute approximate surface area is 119 Å². The SMILES string of the molecule is CCC(=O)O[C@H](CO)COP(=O)([O-])OCC[N+](C)(C)C. The molecule has 0 amide bonds. The topological polar surface area (TPSA) is 105 Å². The van der Waals surface area contributed by atoms with Crippen LogP contribution in [-0.4, -0.2) is 69.2 Å². The van der Waals surface area contributed by atoms with Gasteiger partial charge in [-0.3, -0.25) is 9.36 Å². The van der Waals surface area contributed by atoms with Crippen LogP contribution in [0.1, 0.15) is 13.3 Å². The average molecular weight is 313 g/mol. The van der Waals surface area contributed by atoms with Crippen molar-refractivity contribution in [3.8, 4) is 0 Å². The van der Waals surface area contributed by atoms with E-state index in [1.54, 1.807) is 6.92 Å². The summed E-state index contributed by atoms with van der Waals surface area (Å²) in [5.41, 5.74) is 0. The maximum absolute atomic E-state index is 11.4. The van der Waals surface area contributed by atoms with Crippen LogP contribution in [0.25, 0.3) is 0 Å². The summed E-state index contributed by atoms with van der Waals surface area (Å²) < 4.78 is 26.0. The van der Waals surface area contributed by atoms with Crippen molar-refractivity contribution in [3.05, 3.63) is 0 Å². The van der Waals surface area contributed by atoms with Gasteiger partial charge in [-0.05, 0) is 0 Å². The van der Waals surface area contributed by atoms with Gasteiger partial charge in [0.15, 0.2) is 0 Å². The highest BCUT2D eigenvalue weighted by atomic mass is 31.2. The molecular weight excluding hydrogens is 289 g/mol. The molecule has 0 radical (unpaired) electrons. The Hall–Kier alpha value is -0.500. The summed E-state index contributed by atoms with van der Waals surface area (Å²) >= 11 is 0. The monoisotopic (exact) mass is 313 g/mol. The van der Waals surface area contributed by atoms with E-state index in [1.165, 1.54) is 0 Å². The number of quaternary nitrogens is 1. The van der Waals surface area contributed by atoms with Crippen molar-refractivity contribution in [1.82, 2.24) is 0 Å². The fourth-order valence-electron chi connectivity index (χ4n) is 1.03. The normalized spacial score (nSPS) is 16.5. The summed E-state index contributed by atoms with van der Waals surface area (Å²) in [4.78, 5) is 22.5. The minimum Gasteiger partial charge on any atom is -0.756 e. The van der Waals surface area contributed by atoms with Crippen molar-refractivity contribution >= 4 is 13.8 Å². The van der Waals surface area contributed by atoms with Crippen LogP contribution in [0, 0.1) is 0 Å². The fourth-order valence-corrected chi connectivity index (χ4v) is 1.76. The van der Waals surface area contributed by atoms with Crippen LogP contribution in [0.15, 0.2) is 0 Å². The lowest BCUT2D eigenvalue weighted by atomic mass is 10.4. The number of ether oxygens (including phenoxy) is 1. The van der Waals surface area contributed by atoms with Gasteiger partial charge in [0.05, 0.1) is 34.4 Å². The van der Waals surface area contributed by atoms with Crippen LogP contribution in [-0.2, 0) is 23.1 Å². The van der Waals surface area contributed by atoms with Crippen LogP contribution in [0.2, 0.25) is 0 Å². The zero-order chi connectivity index (χ0) is 15.8. The van der Waals surface area contributed by atoms with Gasteiger partial charge in [-0.15, -0.1) is 0 Å². The molecule has 0 saturated carbocycles. The molecule has 0 rings (SSSR count). The van der Waals surface area contributed by atoms with E-state index in [2.05, 4.69) is 9.05 Å². The smallest absolute Gasteiger partial charge is 0.305 e. The number of phosphoric ester groups is 1. The summed E-state index contributed by atoms with van der Waals surface area (Å²) in [5.74, 6) is -0.542. The van der Waals surface area contributed by atoms with Crippen LogP contribution < -0.4 is 4.89 Å². The van der Waals surface area contributed by atoms with Gasteiger partial charge in [0.1, 0.15) is 19.3 Å². The van der Waals surface area contributed by atoms with Gasteiger partial charge in [-0.25, -0.2) is 0 Å². The van der Waals surface area contributed by atoms with E-state index in [0.29, 0.717) is 11.0 Å². The molecule has 0 bridgehead atoms. The second kappa shape index (κ2) is 8.71. The van der Waals surface area contributed by atoms with Crippen molar-refractivity contribution in [1.29, 1.82) is 0 Å². The Morgan fingerprint density at radius 2 is 1.95 bits per heavy atom. The van der Waals surface area contributed by atoms with E-state index >= 15 is 0 Å². The number of hydrogen-bond donors (Lipinski definition) is 1. The molecule has 8 nitrogen and oxygen atoms in total. The molecule has 20 heavy (non-hydrogen) atoms. The van der Waals surface area contributed by atoms with E-state index in [4.69, 9.17) is 9.84 Å². The van der Waals surface area contributed by atoms with Crippen molar-refractivity contribution in [3.63, 3.8) is 0 Å². The third kappa shape index (κ3) is 10.3. The predicted octanol–water partition coefficient (Wildman–Crippen LogP) is -0.492. The molecule has 0 saturated heterocycles. The summed E-state index contributed by atoms with van der Waals surface area (Å²) in [6, 6.07) is 0. The van der Waals surface area contributed by atoms with Gasteiger partial charge in [-0.2, -0.15) is 0 Å². The molecular formula is C11H24NO7P. The second-order valence-electron chi connectivity index (χ2n) is 5.24. The first-order valence-corrected chi connectivity index (χ1v) is 7.76. The average Bonchev–Trinajstić information content (AvgIpc) is 2.32. The minimum atomic E-state index is -4.46. The summed E-state index contributed by atoms with van der Waals surface area (Å²) in [5, 5.41) is 8.96. The molecule has 0 aromatic rings. The number of esters is 1. The Kier molecular flexibility index (Phi) is 8.50. The summed E-state index contributed by atoms with van der Waals surface area (Å²) in [7, 11) is 1.22. The van der Waals surface area contributed by atoms with Gasteiger partial charge in [0, 0.05) is 6.42 Å². The number of carbonyl (C=O) groups is 1. The van der Waals surface area contributed by atoms with Crippen LogP contribution >= 0.6 is 7.82 Å². The van der Waals surface area contributed by atoms with Gasteiger partial charge in [0.25, 0.3) is 7.82 Å². The highest BCUT2D eigenvalue weighted by Gasteiger charge is 2.18. The first-order chi connectivity index (χ1) is 9.09. The van der Waals surface area contributed by atoms with Crippen molar-refractivity contribution < 1.29 is 37.6 Å². The Bertz CT molecular complexity index is 342. The van der Waals surface area contributed by atoms with Crippen molar-refractivity contribution in [2.45, 2.75) is 19.4 Å². The maximum Gasteiger partial charge on any atom is 0.305 e. The number of hydrogen-bond acceptors (Lipinski definition) is 7. The number of aliphatic hydroxyl groups is 1. The Morgan fingerprint density at radius 3 is 2.40 bits per heavy atom. The lowest BCUT2D eigenvalue weighted by Gasteiger charge is -2.28. The molecule has 0 aliphatic rings. The molecule has 120 valence electrons. The number of carbonyl (C=O) groups excluding carboxylic acids is 1. The van der Waals surface area contributed by atoms with E-state index in [9.17, 15) is 14.3 Å². The van der Waals surface area contributed by atoms with E-state index in [0.717, 1.165) is 0 Å². The molecule has 0 fully saturated rings. The highest BCUT2D eigenvalue weighted by Crippen LogP contribution is 2.38.